The molecule has 0 aromatic carbocycles. The van der Waals surface area contributed by atoms with Crippen molar-refractivity contribution in [2.75, 3.05) is 53.4 Å². The van der Waals surface area contributed by atoms with E-state index >= 15 is 0 Å². The lowest BCUT2D eigenvalue weighted by Crippen LogP contribution is -2.45. The molecule has 2 fully saturated rings. The Labute approximate surface area is 136 Å². The van der Waals surface area contributed by atoms with Gasteiger partial charge in [-0.2, -0.15) is 0 Å². The number of hydrogen-bond acceptors (Lipinski definition) is 3. The maximum Gasteiger partial charge on any atom is 0.191 e. The van der Waals surface area contributed by atoms with E-state index in [1.165, 1.54) is 58.0 Å². The molecule has 2 rings (SSSR count). The molecule has 1 aliphatic heterocycles. The number of likely N-dealkylation sites (tertiary alicyclic amines) is 1. The minimum Gasteiger partial charge on any atom is -0.355 e. The summed E-state index contributed by atoms with van der Waals surface area (Å²) >= 11 is 0. The number of guanidine groups is 1. The molecule has 0 bridgehead atoms. The molecular weight excluding hydrogens is 274 g/mol. The second-order valence-corrected chi connectivity index (χ2v) is 6.75. The van der Waals surface area contributed by atoms with E-state index in [9.17, 15) is 0 Å². The van der Waals surface area contributed by atoms with Crippen molar-refractivity contribution in [3.05, 3.63) is 0 Å². The average molecular weight is 310 g/mol. The summed E-state index contributed by atoms with van der Waals surface area (Å²) in [5, 5.41) is 6.88. The number of nitrogens with one attached hydrogen (secondary N) is 2. The summed E-state index contributed by atoms with van der Waals surface area (Å²) in [6.45, 7) is 6.70. The molecule has 2 aliphatic rings. The van der Waals surface area contributed by atoms with Crippen LogP contribution in [-0.2, 0) is 0 Å². The Morgan fingerprint density at radius 2 is 1.73 bits per heavy atom. The van der Waals surface area contributed by atoms with Crippen LogP contribution < -0.4 is 10.6 Å². The van der Waals surface area contributed by atoms with Crippen LogP contribution in [0.1, 0.15) is 44.9 Å². The summed E-state index contributed by atoms with van der Waals surface area (Å²) < 4.78 is 0. The molecule has 0 aromatic rings. The fourth-order valence-corrected chi connectivity index (χ4v) is 3.61. The van der Waals surface area contributed by atoms with Crippen LogP contribution in [0.4, 0.5) is 0 Å². The Balaban J connectivity index is 1.54. The van der Waals surface area contributed by atoms with Crippen LogP contribution in [0.5, 0.6) is 0 Å². The van der Waals surface area contributed by atoms with Gasteiger partial charge >= 0.3 is 0 Å². The smallest absolute Gasteiger partial charge is 0.191 e. The Morgan fingerprint density at radius 1 is 1.05 bits per heavy atom. The molecule has 0 aromatic heterocycles. The predicted molar refractivity (Wildman–Crippen MR) is 94.5 cm³/mol. The third kappa shape index (κ3) is 6.13. The standard InChI is InChI=1S/C17H35N5/c1-18-17(20-11-15-22-12-6-3-7-13-22)19-10-14-21(2)16-8-4-5-9-16/h16H,3-15H2,1-2H3,(H2,18,19,20). The van der Waals surface area contributed by atoms with Gasteiger partial charge < -0.3 is 20.4 Å². The maximum absolute atomic E-state index is 4.32. The van der Waals surface area contributed by atoms with Gasteiger partial charge in [-0.25, -0.2) is 0 Å². The molecule has 22 heavy (non-hydrogen) atoms. The number of hydrogen-bond donors (Lipinski definition) is 2. The van der Waals surface area contributed by atoms with Crippen LogP contribution in [0, 0.1) is 0 Å². The molecule has 128 valence electrons. The minimum absolute atomic E-state index is 0.802. The maximum atomic E-state index is 4.32. The largest absolute Gasteiger partial charge is 0.355 e. The molecule has 5 heteroatoms. The molecule has 0 radical (unpaired) electrons. The molecule has 1 heterocycles. The van der Waals surface area contributed by atoms with Crippen LogP contribution in [0.25, 0.3) is 0 Å². The van der Waals surface area contributed by atoms with Gasteiger partial charge in [-0.15, -0.1) is 0 Å². The van der Waals surface area contributed by atoms with Crippen molar-refractivity contribution in [2.24, 2.45) is 4.99 Å². The van der Waals surface area contributed by atoms with Gasteiger partial charge in [0.1, 0.15) is 0 Å². The number of piperidine rings is 1. The summed E-state index contributed by atoms with van der Waals surface area (Å²) in [6, 6.07) is 0.802. The van der Waals surface area contributed by atoms with Gasteiger partial charge in [0, 0.05) is 39.3 Å². The topological polar surface area (TPSA) is 42.9 Å². The molecular formula is C17H35N5. The Bertz CT molecular complexity index is 319. The van der Waals surface area contributed by atoms with Crippen LogP contribution in [-0.4, -0.2) is 75.2 Å². The second-order valence-electron chi connectivity index (χ2n) is 6.75. The third-order valence-electron chi connectivity index (χ3n) is 5.10. The minimum atomic E-state index is 0.802. The van der Waals surface area contributed by atoms with Gasteiger partial charge in [0.15, 0.2) is 5.96 Å². The van der Waals surface area contributed by atoms with Crippen LogP contribution >= 0.6 is 0 Å². The van der Waals surface area contributed by atoms with Crippen molar-refractivity contribution in [1.29, 1.82) is 0 Å². The zero-order valence-corrected chi connectivity index (χ0v) is 14.6. The van der Waals surface area contributed by atoms with Crippen molar-refractivity contribution in [1.82, 2.24) is 20.4 Å². The molecule has 2 N–H and O–H groups in total. The molecule has 1 saturated heterocycles. The molecule has 1 saturated carbocycles. The molecule has 5 nitrogen and oxygen atoms in total. The predicted octanol–water partition coefficient (Wildman–Crippen LogP) is 1.51. The monoisotopic (exact) mass is 309 g/mol. The Hall–Kier alpha value is -0.810. The van der Waals surface area contributed by atoms with Gasteiger partial charge in [0.05, 0.1) is 0 Å². The second kappa shape index (κ2) is 10.1. The summed E-state index contributed by atoms with van der Waals surface area (Å²) in [6.07, 6.45) is 9.69. The van der Waals surface area contributed by atoms with E-state index in [4.69, 9.17) is 0 Å². The highest BCUT2D eigenvalue weighted by Crippen LogP contribution is 2.21. The fourth-order valence-electron chi connectivity index (χ4n) is 3.61. The van der Waals surface area contributed by atoms with Gasteiger partial charge in [0.2, 0.25) is 0 Å². The lowest BCUT2D eigenvalue weighted by atomic mass is 10.1. The van der Waals surface area contributed by atoms with Gasteiger partial charge in [-0.3, -0.25) is 4.99 Å². The van der Waals surface area contributed by atoms with E-state index in [2.05, 4.69) is 32.5 Å². The number of likely N-dealkylation sites (N-methyl/N-ethyl adjacent to an activating group) is 1. The molecule has 0 unspecified atom stereocenters. The lowest BCUT2D eigenvalue weighted by Gasteiger charge is -2.27. The average Bonchev–Trinajstić information content (AvgIpc) is 3.09. The summed E-state index contributed by atoms with van der Waals surface area (Å²) in [7, 11) is 4.11. The first-order valence-electron chi connectivity index (χ1n) is 9.16. The van der Waals surface area contributed by atoms with Crippen molar-refractivity contribution < 1.29 is 0 Å². The zero-order chi connectivity index (χ0) is 15.6. The molecule has 0 atom stereocenters. The van der Waals surface area contributed by atoms with Gasteiger partial charge in [-0.05, 0) is 45.8 Å². The third-order valence-corrected chi connectivity index (χ3v) is 5.10. The first kappa shape index (κ1) is 17.5. The molecule has 0 amide bonds. The lowest BCUT2D eigenvalue weighted by molar-refractivity contribution is 0.232. The summed E-state index contributed by atoms with van der Waals surface area (Å²) in [5.41, 5.74) is 0. The molecule has 1 aliphatic carbocycles. The molecule has 0 spiro atoms. The Kier molecular flexibility index (Phi) is 8.02. The first-order chi connectivity index (χ1) is 10.8. The fraction of sp³-hybridized carbons (Fsp3) is 0.941. The van der Waals surface area contributed by atoms with Crippen molar-refractivity contribution in [3.8, 4) is 0 Å². The summed E-state index contributed by atoms with van der Waals surface area (Å²) in [4.78, 5) is 9.38. The van der Waals surface area contributed by atoms with E-state index in [1.54, 1.807) is 0 Å². The highest BCUT2D eigenvalue weighted by Gasteiger charge is 2.18. The highest BCUT2D eigenvalue weighted by atomic mass is 15.2. The van der Waals surface area contributed by atoms with E-state index in [0.29, 0.717) is 0 Å². The van der Waals surface area contributed by atoms with Crippen molar-refractivity contribution in [3.63, 3.8) is 0 Å². The normalized spacial score (nSPS) is 21.5. The summed E-state index contributed by atoms with van der Waals surface area (Å²) in [5.74, 6) is 0.942. The van der Waals surface area contributed by atoms with Crippen molar-refractivity contribution in [2.45, 2.75) is 51.0 Å². The van der Waals surface area contributed by atoms with Crippen molar-refractivity contribution >= 4 is 5.96 Å². The van der Waals surface area contributed by atoms with Crippen LogP contribution in [0.15, 0.2) is 4.99 Å². The number of rotatable bonds is 7. The van der Waals surface area contributed by atoms with E-state index in [-0.39, 0.29) is 0 Å². The highest BCUT2D eigenvalue weighted by molar-refractivity contribution is 5.79. The SMILES string of the molecule is CN=C(NCCN1CCCCC1)NCCN(C)C1CCCC1. The van der Waals surface area contributed by atoms with Gasteiger partial charge in [0.25, 0.3) is 0 Å². The number of aliphatic imine (C=N–C) groups is 1. The Morgan fingerprint density at radius 3 is 2.41 bits per heavy atom. The van der Waals surface area contributed by atoms with E-state index < -0.39 is 0 Å². The zero-order valence-electron chi connectivity index (χ0n) is 14.6. The quantitative estimate of drug-likeness (QED) is 0.553. The van der Waals surface area contributed by atoms with E-state index in [0.717, 1.165) is 38.2 Å². The first-order valence-corrected chi connectivity index (χ1v) is 9.16. The van der Waals surface area contributed by atoms with Crippen LogP contribution in [0.2, 0.25) is 0 Å². The van der Waals surface area contributed by atoms with Gasteiger partial charge in [-0.1, -0.05) is 19.3 Å². The van der Waals surface area contributed by atoms with Crippen LogP contribution in [0.3, 0.4) is 0 Å². The van der Waals surface area contributed by atoms with E-state index in [1.807, 2.05) is 7.05 Å². The number of nitrogens with zero attached hydrogens (tertiary/aromatic N) is 3.